The molecule has 0 atom stereocenters. The molecule has 5 aromatic heterocycles. The number of aromatic nitrogens is 7. The van der Waals surface area contributed by atoms with E-state index in [1.54, 1.807) is 30.6 Å². The number of benzene rings is 1. The third kappa shape index (κ3) is 3.21. The minimum absolute atomic E-state index is 0.0440. The fourth-order valence-corrected chi connectivity index (χ4v) is 3.76. The predicted octanol–water partition coefficient (Wildman–Crippen LogP) is 4.18. The molecule has 0 unspecified atom stereocenters. The fraction of sp³-hybridized carbons (Fsp3) is 0. The number of H-pyrrole nitrogens is 2. The lowest BCUT2D eigenvalue weighted by molar-refractivity contribution is 0.469. The first-order valence-electron chi connectivity index (χ1n) is 9.90. The molecule has 9 nitrogen and oxygen atoms in total. The van der Waals surface area contributed by atoms with Crippen molar-refractivity contribution in [1.82, 2.24) is 35.1 Å². The standard InChI is InChI=1S/C23H14FN7O2/c24-13-5-11(6-14(32)8-13)19-20-17(3-4-26-19)28-23(29-20)22-21-18(30-31-22)2-1-16(27-21)12-7-15(33)10-25-9-12/h1-10,32-33H,(H,28,29)(H,30,31). The molecule has 0 spiro atoms. The number of nitrogens with one attached hydrogen (secondary N) is 2. The zero-order chi connectivity index (χ0) is 22.5. The van der Waals surface area contributed by atoms with E-state index in [1.165, 1.54) is 18.3 Å². The topological polar surface area (TPSA) is 136 Å². The van der Waals surface area contributed by atoms with Gasteiger partial charge in [-0.2, -0.15) is 5.10 Å². The summed E-state index contributed by atoms with van der Waals surface area (Å²) < 4.78 is 13.9. The van der Waals surface area contributed by atoms with Gasteiger partial charge in [0.25, 0.3) is 0 Å². The number of nitrogens with zero attached hydrogens (tertiary/aromatic N) is 5. The lowest BCUT2D eigenvalue weighted by Crippen LogP contribution is -1.88. The molecule has 0 fully saturated rings. The number of imidazole rings is 1. The Balaban J connectivity index is 1.51. The number of fused-ring (bicyclic) bond motifs is 2. The summed E-state index contributed by atoms with van der Waals surface area (Å²) in [7, 11) is 0. The Morgan fingerprint density at radius 1 is 0.788 bits per heavy atom. The van der Waals surface area contributed by atoms with Crippen LogP contribution in [0.4, 0.5) is 4.39 Å². The van der Waals surface area contributed by atoms with Crippen LogP contribution in [-0.2, 0) is 0 Å². The number of phenolic OH excluding ortho intramolecular Hbond substituents is 1. The number of aromatic hydroxyl groups is 2. The van der Waals surface area contributed by atoms with Crippen molar-refractivity contribution in [3.63, 3.8) is 0 Å². The van der Waals surface area contributed by atoms with Crippen LogP contribution in [0.1, 0.15) is 0 Å². The zero-order valence-corrected chi connectivity index (χ0v) is 16.8. The van der Waals surface area contributed by atoms with E-state index in [1.807, 2.05) is 6.07 Å². The summed E-state index contributed by atoms with van der Waals surface area (Å²) >= 11 is 0. The number of halogens is 1. The monoisotopic (exact) mass is 439 g/mol. The third-order valence-corrected chi connectivity index (χ3v) is 5.21. The van der Waals surface area contributed by atoms with Gasteiger partial charge >= 0.3 is 0 Å². The number of pyridine rings is 3. The Labute approximate surface area is 184 Å². The normalized spacial score (nSPS) is 11.4. The molecule has 0 saturated heterocycles. The number of rotatable bonds is 3. The highest BCUT2D eigenvalue weighted by atomic mass is 19.1. The second kappa shape index (κ2) is 7.09. The summed E-state index contributed by atoms with van der Waals surface area (Å²) in [6, 6.07) is 10.7. The average Bonchev–Trinajstić information content (AvgIpc) is 3.41. The van der Waals surface area contributed by atoms with Crippen molar-refractivity contribution in [1.29, 1.82) is 0 Å². The summed E-state index contributed by atoms with van der Waals surface area (Å²) in [6.07, 6.45) is 4.54. The quantitative estimate of drug-likeness (QED) is 0.325. The molecule has 0 radical (unpaired) electrons. The molecule has 0 aliphatic carbocycles. The van der Waals surface area contributed by atoms with E-state index in [4.69, 9.17) is 4.98 Å². The van der Waals surface area contributed by atoms with Gasteiger partial charge in [-0.1, -0.05) is 0 Å². The van der Waals surface area contributed by atoms with Crippen LogP contribution < -0.4 is 0 Å². The Kier molecular flexibility index (Phi) is 4.06. The van der Waals surface area contributed by atoms with Gasteiger partial charge in [-0.25, -0.2) is 14.4 Å². The maximum Gasteiger partial charge on any atom is 0.161 e. The zero-order valence-electron chi connectivity index (χ0n) is 16.8. The minimum Gasteiger partial charge on any atom is -0.508 e. The van der Waals surface area contributed by atoms with Gasteiger partial charge in [0.15, 0.2) is 11.5 Å². The van der Waals surface area contributed by atoms with Crippen molar-refractivity contribution in [2.75, 3.05) is 0 Å². The molecule has 0 aliphatic heterocycles. The number of hydrogen-bond acceptors (Lipinski definition) is 7. The van der Waals surface area contributed by atoms with Crippen LogP contribution in [0.2, 0.25) is 0 Å². The number of aromatic amines is 2. The predicted molar refractivity (Wildman–Crippen MR) is 119 cm³/mol. The van der Waals surface area contributed by atoms with Crippen molar-refractivity contribution in [2.24, 2.45) is 0 Å². The second-order valence-electron chi connectivity index (χ2n) is 7.44. The summed E-state index contributed by atoms with van der Waals surface area (Å²) in [5.74, 6) is -0.278. The van der Waals surface area contributed by atoms with E-state index < -0.39 is 5.82 Å². The molecular formula is C23H14FN7O2. The van der Waals surface area contributed by atoms with Crippen LogP contribution in [-0.4, -0.2) is 45.3 Å². The molecular weight excluding hydrogens is 425 g/mol. The summed E-state index contributed by atoms with van der Waals surface area (Å²) in [5, 5.41) is 26.9. The van der Waals surface area contributed by atoms with Crippen molar-refractivity contribution in [3.05, 3.63) is 66.9 Å². The second-order valence-corrected chi connectivity index (χ2v) is 7.44. The van der Waals surface area contributed by atoms with Gasteiger partial charge in [0.2, 0.25) is 0 Å². The number of hydrogen-bond donors (Lipinski definition) is 4. The van der Waals surface area contributed by atoms with Gasteiger partial charge in [-0.3, -0.25) is 15.1 Å². The summed E-state index contributed by atoms with van der Waals surface area (Å²) in [5.41, 5.74) is 5.04. The molecule has 6 rings (SSSR count). The average molecular weight is 439 g/mol. The SMILES string of the molecule is Oc1cncc(-c2ccc3[nH]nc(-c4nc5c(-c6cc(O)cc(F)c6)nccc5[nH]4)c3n2)c1. The molecule has 0 bridgehead atoms. The van der Waals surface area contributed by atoms with Crippen LogP contribution in [0.25, 0.3) is 56.1 Å². The maximum atomic E-state index is 13.9. The first kappa shape index (κ1) is 18.9. The molecule has 4 N–H and O–H groups in total. The Morgan fingerprint density at radius 2 is 1.64 bits per heavy atom. The molecule has 33 heavy (non-hydrogen) atoms. The molecule has 6 aromatic rings. The van der Waals surface area contributed by atoms with Crippen molar-refractivity contribution in [2.45, 2.75) is 0 Å². The molecule has 0 saturated carbocycles. The molecule has 160 valence electrons. The highest BCUT2D eigenvalue weighted by Crippen LogP contribution is 2.32. The molecule has 0 amide bonds. The van der Waals surface area contributed by atoms with Gasteiger partial charge in [0.1, 0.15) is 28.3 Å². The van der Waals surface area contributed by atoms with E-state index in [2.05, 4.69) is 30.1 Å². The van der Waals surface area contributed by atoms with Crippen LogP contribution in [0.15, 0.2) is 61.1 Å². The fourth-order valence-electron chi connectivity index (χ4n) is 3.76. The summed E-state index contributed by atoms with van der Waals surface area (Å²) in [4.78, 5) is 20.9. The molecule has 1 aromatic carbocycles. The third-order valence-electron chi connectivity index (χ3n) is 5.21. The first-order valence-corrected chi connectivity index (χ1v) is 9.90. The van der Waals surface area contributed by atoms with E-state index >= 15 is 0 Å². The Hall–Kier alpha value is -4.86. The largest absolute Gasteiger partial charge is 0.508 e. The van der Waals surface area contributed by atoms with Crippen LogP contribution in [0.5, 0.6) is 11.5 Å². The van der Waals surface area contributed by atoms with Crippen molar-refractivity contribution >= 4 is 22.1 Å². The van der Waals surface area contributed by atoms with E-state index in [9.17, 15) is 14.6 Å². The van der Waals surface area contributed by atoms with Crippen LogP contribution >= 0.6 is 0 Å². The van der Waals surface area contributed by atoms with Gasteiger partial charge in [-0.15, -0.1) is 0 Å². The van der Waals surface area contributed by atoms with Gasteiger partial charge in [0, 0.05) is 29.6 Å². The Bertz CT molecular complexity index is 1650. The van der Waals surface area contributed by atoms with Crippen molar-refractivity contribution < 1.29 is 14.6 Å². The summed E-state index contributed by atoms with van der Waals surface area (Å²) in [6.45, 7) is 0. The van der Waals surface area contributed by atoms with E-state index in [0.29, 0.717) is 56.1 Å². The minimum atomic E-state index is -0.573. The van der Waals surface area contributed by atoms with Crippen LogP contribution in [0.3, 0.4) is 0 Å². The highest BCUT2D eigenvalue weighted by molar-refractivity contribution is 5.95. The molecule has 10 heteroatoms. The smallest absolute Gasteiger partial charge is 0.161 e. The Morgan fingerprint density at radius 3 is 2.48 bits per heavy atom. The lowest BCUT2D eigenvalue weighted by Gasteiger charge is -2.03. The molecule has 5 heterocycles. The van der Waals surface area contributed by atoms with Gasteiger partial charge < -0.3 is 15.2 Å². The lowest BCUT2D eigenvalue weighted by atomic mass is 10.1. The highest BCUT2D eigenvalue weighted by Gasteiger charge is 2.18. The molecule has 0 aliphatic rings. The van der Waals surface area contributed by atoms with E-state index in [-0.39, 0.29) is 11.5 Å². The van der Waals surface area contributed by atoms with Crippen LogP contribution in [0, 0.1) is 5.82 Å². The first-order chi connectivity index (χ1) is 16.0. The van der Waals surface area contributed by atoms with Gasteiger partial charge in [0.05, 0.1) is 28.6 Å². The van der Waals surface area contributed by atoms with Crippen molar-refractivity contribution in [3.8, 4) is 45.5 Å². The van der Waals surface area contributed by atoms with Gasteiger partial charge in [-0.05, 0) is 36.4 Å². The van der Waals surface area contributed by atoms with E-state index in [0.717, 1.165) is 6.07 Å². The maximum absolute atomic E-state index is 13.9. The number of phenols is 1.